The maximum absolute atomic E-state index is 12.1. The van der Waals surface area contributed by atoms with Crippen LogP contribution in [0.4, 0.5) is 5.95 Å². The monoisotopic (exact) mass is 338 g/mol. The average Bonchev–Trinajstić information content (AvgIpc) is 3.10. The van der Waals surface area contributed by atoms with Crippen LogP contribution in [0.3, 0.4) is 0 Å². The smallest absolute Gasteiger partial charge is 0.249 e. The molecule has 7 nitrogen and oxygen atoms in total. The SMILES string of the molecule is COc1ccc(-c2nc(NC(=O)Cc3ccccc3)n[nH]2)cc1OC. The molecule has 0 spiro atoms. The molecule has 0 unspecified atom stereocenters. The van der Waals surface area contributed by atoms with Gasteiger partial charge in [0.15, 0.2) is 17.3 Å². The maximum Gasteiger partial charge on any atom is 0.249 e. The van der Waals surface area contributed by atoms with Crippen LogP contribution in [0.5, 0.6) is 11.5 Å². The van der Waals surface area contributed by atoms with E-state index in [1.807, 2.05) is 36.4 Å². The lowest BCUT2D eigenvalue weighted by molar-refractivity contribution is -0.115. The lowest BCUT2D eigenvalue weighted by Gasteiger charge is -2.07. The predicted molar refractivity (Wildman–Crippen MR) is 93.7 cm³/mol. The summed E-state index contributed by atoms with van der Waals surface area (Å²) in [5.74, 6) is 1.79. The summed E-state index contributed by atoms with van der Waals surface area (Å²) < 4.78 is 10.5. The van der Waals surface area contributed by atoms with Crippen molar-refractivity contribution in [2.45, 2.75) is 6.42 Å². The van der Waals surface area contributed by atoms with Gasteiger partial charge in [0.05, 0.1) is 20.6 Å². The van der Waals surface area contributed by atoms with Gasteiger partial charge in [-0.15, -0.1) is 5.10 Å². The van der Waals surface area contributed by atoms with E-state index in [0.717, 1.165) is 11.1 Å². The second-order valence-electron chi connectivity index (χ2n) is 5.29. The zero-order valence-electron chi connectivity index (χ0n) is 13.9. The van der Waals surface area contributed by atoms with Crippen LogP contribution in [-0.2, 0) is 11.2 Å². The largest absolute Gasteiger partial charge is 0.493 e. The van der Waals surface area contributed by atoms with Gasteiger partial charge in [0.25, 0.3) is 0 Å². The van der Waals surface area contributed by atoms with Crippen molar-refractivity contribution < 1.29 is 14.3 Å². The summed E-state index contributed by atoms with van der Waals surface area (Å²) in [6, 6.07) is 14.9. The highest BCUT2D eigenvalue weighted by atomic mass is 16.5. The lowest BCUT2D eigenvalue weighted by Crippen LogP contribution is -2.15. The van der Waals surface area contributed by atoms with Gasteiger partial charge in [-0.2, -0.15) is 4.98 Å². The summed E-state index contributed by atoms with van der Waals surface area (Å²) in [6.07, 6.45) is 0.265. The number of rotatable bonds is 6. The minimum Gasteiger partial charge on any atom is -0.493 e. The van der Waals surface area contributed by atoms with E-state index in [1.165, 1.54) is 0 Å². The molecule has 7 heteroatoms. The Balaban J connectivity index is 1.71. The molecule has 3 aromatic rings. The molecule has 0 aliphatic rings. The molecule has 128 valence electrons. The van der Waals surface area contributed by atoms with E-state index in [0.29, 0.717) is 17.3 Å². The Hall–Kier alpha value is -3.35. The highest BCUT2D eigenvalue weighted by Crippen LogP contribution is 2.31. The predicted octanol–water partition coefficient (Wildman–Crippen LogP) is 2.67. The first kappa shape index (κ1) is 16.5. The molecule has 0 radical (unpaired) electrons. The Kier molecular flexibility index (Phi) is 4.94. The van der Waals surface area contributed by atoms with Crippen LogP contribution in [0.25, 0.3) is 11.4 Å². The second kappa shape index (κ2) is 7.48. The third kappa shape index (κ3) is 3.95. The number of ether oxygens (including phenoxy) is 2. The van der Waals surface area contributed by atoms with Crippen molar-refractivity contribution in [2.24, 2.45) is 0 Å². The Morgan fingerprint density at radius 2 is 1.84 bits per heavy atom. The number of aromatic nitrogens is 3. The van der Waals surface area contributed by atoms with E-state index >= 15 is 0 Å². The summed E-state index contributed by atoms with van der Waals surface area (Å²) in [7, 11) is 3.14. The van der Waals surface area contributed by atoms with Gasteiger partial charge >= 0.3 is 0 Å². The molecule has 0 atom stereocenters. The number of amides is 1. The van der Waals surface area contributed by atoms with Crippen molar-refractivity contribution in [3.63, 3.8) is 0 Å². The summed E-state index contributed by atoms with van der Waals surface area (Å²) in [4.78, 5) is 16.4. The molecular formula is C18H18N4O3. The van der Waals surface area contributed by atoms with Gasteiger partial charge in [0, 0.05) is 5.56 Å². The second-order valence-corrected chi connectivity index (χ2v) is 5.29. The first-order valence-corrected chi connectivity index (χ1v) is 7.68. The van der Waals surface area contributed by atoms with E-state index in [1.54, 1.807) is 26.4 Å². The zero-order chi connectivity index (χ0) is 17.6. The van der Waals surface area contributed by atoms with Crippen molar-refractivity contribution >= 4 is 11.9 Å². The van der Waals surface area contributed by atoms with Crippen LogP contribution < -0.4 is 14.8 Å². The van der Waals surface area contributed by atoms with Gasteiger partial charge in [0.1, 0.15) is 0 Å². The van der Waals surface area contributed by atoms with E-state index in [4.69, 9.17) is 9.47 Å². The number of H-pyrrole nitrogens is 1. The number of methoxy groups -OCH3 is 2. The molecule has 1 aromatic heterocycles. The first-order chi connectivity index (χ1) is 12.2. The zero-order valence-corrected chi connectivity index (χ0v) is 13.9. The van der Waals surface area contributed by atoms with E-state index in [2.05, 4.69) is 20.5 Å². The molecule has 0 saturated heterocycles. The molecule has 0 fully saturated rings. The first-order valence-electron chi connectivity index (χ1n) is 7.68. The molecule has 0 saturated carbocycles. The molecule has 0 aliphatic heterocycles. The van der Waals surface area contributed by atoms with Crippen LogP contribution in [0.15, 0.2) is 48.5 Å². The van der Waals surface area contributed by atoms with Crippen molar-refractivity contribution in [3.05, 3.63) is 54.1 Å². The van der Waals surface area contributed by atoms with Crippen LogP contribution in [0.2, 0.25) is 0 Å². The molecular weight excluding hydrogens is 320 g/mol. The van der Waals surface area contributed by atoms with Gasteiger partial charge in [0.2, 0.25) is 11.9 Å². The number of benzene rings is 2. The minimum absolute atomic E-state index is 0.177. The number of carbonyl (C=O) groups is 1. The number of nitrogens with one attached hydrogen (secondary N) is 2. The fraction of sp³-hybridized carbons (Fsp3) is 0.167. The van der Waals surface area contributed by atoms with Crippen molar-refractivity contribution in [2.75, 3.05) is 19.5 Å². The summed E-state index contributed by atoms with van der Waals surface area (Å²) in [5, 5.41) is 9.52. The standard InChI is InChI=1S/C18H18N4O3/c1-24-14-9-8-13(11-15(14)25-2)17-20-18(22-21-17)19-16(23)10-12-6-4-3-5-7-12/h3-9,11H,10H2,1-2H3,(H2,19,20,21,22,23). The van der Waals surface area contributed by atoms with E-state index in [-0.39, 0.29) is 18.3 Å². The number of aromatic amines is 1. The van der Waals surface area contributed by atoms with Crippen molar-refractivity contribution in [3.8, 4) is 22.9 Å². The molecule has 1 heterocycles. The van der Waals surface area contributed by atoms with Crippen molar-refractivity contribution in [1.82, 2.24) is 15.2 Å². The number of hydrogen-bond donors (Lipinski definition) is 2. The summed E-state index contributed by atoms with van der Waals surface area (Å²) in [6.45, 7) is 0. The summed E-state index contributed by atoms with van der Waals surface area (Å²) >= 11 is 0. The average molecular weight is 338 g/mol. The molecule has 1 amide bonds. The van der Waals surface area contributed by atoms with Crippen LogP contribution in [0, 0.1) is 0 Å². The highest BCUT2D eigenvalue weighted by Gasteiger charge is 2.12. The Morgan fingerprint density at radius 3 is 2.56 bits per heavy atom. The lowest BCUT2D eigenvalue weighted by atomic mass is 10.1. The third-order valence-corrected chi connectivity index (χ3v) is 3.60. The maximum atomic E-state index is 12.1. The Bertz CT molecular complexity index is 862. The van der Waals surface area contributed by atoms with Gasteiger partial charge in [-0.1, -0.05) is 30.3 Å². The minimum atomic E-state index is -0.177. The van der Waals surface area contributed by atoms with Crippen LogP contribution >= 0.6 is 0 Å². The van der Waals surface area contributed by atoms with Gasteiger partial charge < -0.3 is 9.47 Å². The van der Waals surface area contributed by atoms with Gasteiger partial charge in [-0.3, -0.25) is 15.2 Å². The van der Waals surface area contributed by atoms with Crippen LogP contribution in [0.1, 0.15) is 5.56 Å². The summed E-state index contributed by atoms with van der Waals surface area (Å²) in [5.41, 5.74) is 1.70. The number of nitrogens with zero attached hydrogens (tertiary/aromatic N) is 2. The number of hydrogen-bond acceptors (Lipinski definition) is 5. The molecule has 0 bridgehead atoms. The Labute approximate surface area is 145 Å². The number of anilines is 1. The van der Waals surface area contributed by atoms with Gasteiger partial charge in [-0.05, 0) is 23.8 Å². The van der Waals surface area contributed by atoms with E-state index < -0.39 is 0 Å². The molecule has 2 aromatic carbocycles. The molecule has 0 aliphatic carbocycles. The molecule has 3 rings (SSSR count). The van der Waals surface area contributed by atoms with Crippen molar-refractivity contribution in [1.29, 1.82) is 0 Å². The van der Waals surface area contributed by atoms with E-state index in [9.17, 15) is 4.79 Å². The number of carbonyl (C=O) groups excluding carboxylic acids is 1. The normalized spacial score (nSPS) is 10.3. The molecule has 2 N–H and O–H groups in total. The fourth-order valence-corrected chi connectivity index (χ4v) is 2.38. The topological polar surface area (TPSA) is 89.1 Å². The highest BCUT2D eigenvalue weighted by molar-refractivity contribution is 5.90. The quantitative estimate of drug-likeness (QED) is 0.721. The third-order valence-electron chi connectivity index (χ3n) is 3.60. The fourth-order valence-electron chi connectivity index (χ4n) is 2.38. The van der Waals surface area contributed by atoms with Gasteiger partial charge in [-0.25, -0.2) is 0 Å². The Morgan fingerprint density at radius 1 is 1.08 bits per heavy atom. The van der Waals surface area contributed by atoms with Crippen LogP contribution in [-0.4, -0.2) is 35.3 Å². The molecule has 25 heavy (non-hydrogen) atoms.